The van der Waals surface area contributed by atoms with Crippen molar-refractivity contribution in [2.24, 2.45) is 5.92 Å². The predicted molar refractivity (Wildman–Crippen MR) is 107 cm³/mol. The quantitative estimate of drug-likeness (QED) is 0.792. The van der Waals surface area contributed by atoms with Crippen LogP contribution in [0.25, 0.3) is 10.9 Å². The fourth-order valence-electron chi connectivity index (χ4n) is 3.31. The molecule has 2 heterocycles. The summed E-state index contributed by atoms with van der Waals surface area (Å²) in [6.45, 7) is 2.17. The summed E-state index contributed by atoms with van der Waals surface area (Å²) in [5, 5.41) is 0.513. The summed E-state index contributed by atoms with van der Waals surface area (Å²) in [5.41, 5.74) is -0.0689. The number of halogens is 1. The molecule has 1 aromatic heterocycles. The molecule has 0 unspecified atom stereocenters. The van der Waals surface area contributed by atoms with Gasteiger partial charge in [-0.2, -0.15) is 11.8 Å². The average molecular weight is 395 g/mol. The van der Waals surface area contributed by atoms with Gasteiger partial charge in [0.2, 0.25) is 0 Å². The molecule has 2 aromatic rings. The van der Waals surface area contributed by atoms with Crippen LogP contribution in [0.1, 0.15) is 45.4 Å². The first-order valence-electron chi connectivity index (χ1n) is 9.23. The minimum atomic E-state index is -0.580. The Morgan fingerprint density at radius 3 is 2.74 bits per heavy atom. The van der Waals surface area contributed by atoms with Crippen molar-refractivity contribution in [3.8, 4) is 5.75 Å². The second kappa shape index (κ2) is 9.06. The van der Waals surface area contributed by atoms with Crippen molar-refractivity contribution in [1.82, 2.24) is 9.97 Å². The average Bonchev–Trinajstić information content (AvgIpc) is 2.59. The van der Waals surface area contributed by atoms with Gasteiger partial charge in [-0.25, -0.2) is 9.37 Å². The summed E-state index contributed by atoms with van der Waals surface area (Å²) >= 11 is 1.76. The van der Waals surface area contributed by atoms with Gasteiger partial charge in [0.15, 0.2) is 0 Å². The lowest BCUT2D eigenvalue weighted by atomic mass is 9.86. The number of aromatic nitrogens is 2. The second-order valence-corrected chi connectivity index (χ2v) is 8.33. The van der Waals surface area contributed by atoms with E-state index < -0.39 is 11.4 Å². The molecule has 2 fully saturated rings. The Bertz CT molecular complexity index is 832. The van der Waals surface area contributed by atoms with Crippen molar-refractivity contribution >= 4 is 22.7 Å². The van der Waals surface area contributed by atoms with Crippen molar-refractivity contribution in [1.29, 1.82) is 0 Å². The Labute approximate surface area is 163 Å². The number of nitrogens with zero attached hydrogens (tertiary/aromatic N) is 1. The highest BCUT2D eigenvalue weighted by molar-refractivity contribution is 7.99. The van der Waals surface area contributed by atoms with E-state index in [-0.39, 0.29) is 12.8 Å². The molecule has 0 atom stereocenters. The molecule has 0 bridgehead atoms. The third kappa shape index (κ3) is 4.82. The molecule has 2 aliphatic rings. The number of thioether (sulfide) groups is 1. The normalized spacial score (nSPS) is 18.1. The number of nitrogens with one attached hydrogen (secondary N) is 1. The van der Waals surface area contributed by atoms with E-state index in [2.05, 4.69) is 9.97 Å². The second-order valence-electron chi connectivity index (χ2n) is 7.04. The van der Waals surface area contributed by atoms with Gasteiger partial charge in [0.25, 0.3) is 5.56 Å². The van der Waals surface area contributed by atoms with Crippen LogP contribution in [0.2, 0.25) is 0 Å². The molecule has 27 heavy (non-hydrogen) atoms. The summed E-state index contributed by atoms with van der Waals surface area (Å²) in [4.78, 5) is 19.5. The predicted octanol–water partition coefficient (Wildman–Crippen LogP) is 4.29. The van der Waals surface area contributed by atoms with Crippen molar-refractivity contribution in [2.45, 2.75) is 50.5 Å². The van der Waals surface area contributed by atoms with Crippen LogP contribution in [0, 0.1) is 11.7 Å². The third-order valence-corrected chi connectivity index (χ3v) is 6.50. The van der Waals surface area contributed by atoms with Gasteiger partial charge in [-0.15, -0.1) is 0 Å². The monoisotopic (exact) mass is 394 g/mol. The lowest BCUT2D eigenvalue weighted by Crippen LogP contribution is -2.20. The van der Waals surface area contributed by atoms with Crippen LogP contribution in [-0.2, 0) is 10.5 Å². The summed E-state index contributed by atoms with van der Waals surface area (Å²) in [6.07, 6.45) is 5.60. The Morgan fingerprint density at radius 1 is 1.26 bits per heavy atom. The number of benzene rings is 1. The first kappa shape index (κ1) is 20.1. The summed E-state index contributed by atoms with van der Waals surface area (Å²) < 4.78 is 25.5. The smallest absolute Gasteiger partial charge is 0.261 e. The number of ether oxygens (including phenoxy) is 2. The topological polar surface area (TPSA) is 64.2 Å². The van der Waals surface area contributed by atoms with Crippen LogP contribution in [0.5, 0.6) is 5.75 Å². The first-order chi connectivity index (χ1) is 12.7. The molecule has 1 saturated carbocycles. The molecule has 0 spiro atoms. The van der Waals surface area contributed by atoms with E-state index in [9.17, 15) is 9.18 Å². The van der Waals surface area contributed by atoms with E-state index in [4.69, 9.17) is 9.47 Å². The van der Waals surface area contributed by atoms with Gasteiger partial charge in [-0.1, -0.05) is 13.8 Å². The standard InChI is InChI=1S/C19H23FN2O3S.CH4/c20-15-8-13(25-10-12-2-1-3-12)9-16-18(15)19(23)22-17(21-16)11-26-14-4-6-24-7-5-14;/h8-9,12,14H,1-7,10-11H2,(H,21,22,23);1H4. The third-order valence-electron chi connectivity index (χ3n) is 5.12. The first-order valence-corrected chi connectivity index (χ1v) is 10.3. The summed E-state index contributed by atoms with van der Waals surface area (Å²) in [5.74, 6) is 1.61. The fraction of sp³-hybridized carbons (Fsp3) is 0.600. The molecule has 5 nitrogen and oxygen atoms in total. The fourth-order valence-corrected chi connectivity index (χ4v) is 4.37. The maximum absolute atomic E-state index is 14.4. The van der Waals surface area contributed by atoms with Crippen molar-refractivity contribution in [3.05, 3.63) is 34.1 Å². The molecule has 148 valence electrons. The molecular formula is C20H27FN2O3S. The van der Waals surface area contributed by atoms with Crippen molar-refractivity contribution < 1.29 is 13.9 Å². The number of fused-ring (bicyclic) bond motifs is 1. The lowest BCUT2D eigenvalue weighted by Gasteiger charge is -2.25. The lowest BCUT2D eigenvalue weighted by molar-refractivity contribution is 0.1000. The van der Waals surface area contributed by atoms with Crippen LogP contribution >= 0.6 is 11.8 Å². The van der Waals surface area contributed by atoms with Gasteiger partial charge in [-0.05, 0) is 31.6 Å². The molecule has 4 rings (SSSR count). The zero-order valence-electron chi connectivity index (χ0n) is 14.6. The van der Waals surface area contributed by atoms with E-state index in [1.54, 1.807) is 17.8 Å². The number of aromatic amines is 1. The number of hydrogen-bond acceptors (Lipinski definition) is 5. The number of rotatable bonds is 6. The molecular weight excluding hydrogens is 367 g/mol. The van der Waals surface area contributed by atoms with Crippen LogP contribution in [0.15, 0.2) is 16.9 Å². The summed E-state index contributed by atoms with van der Waals surface area (Å²) in [6, 6.07) is 2.96. The Morgan fingerprint density at radius 2 is 2.04 bits per heavy atom. The highest BCUT2D eigenvalue weighted by Gasteiger charge is 2.19. The maximum Gasteiger partial charge on any atom is 0.261 e. The number of H-pyrrole nitrogens is 1. The van der Waals surface area contributed by atoms with Gasteiger partial charge in [0, 0.05) is 30.6 Å². The number of hydrogen-bond donors (Lipinski definition) is 1. The van der Waals surface area contributed by atoms with Crippen LogP contribution in [-0.4, -0.2) is 35.0 Å². The highest BCUT2D eigenvalue weighted by Crippen LogP contribution is 2.29. The maximum atomic E-state index is 14.4. The van der Waals surface area contributed by atoms with E-state index in [1.165, 1.54) is 25.3 Å². The van der Waals surface area contributed by atoms with E-state index >= 15 is 0 Å². The molecule has 0 radical (unpaired) electrons. The van der Waals surface area contributed by atoms with Crippen molar-refractivity contribution in [2.75, 3.05) is 19.8 Å². The Kier molecular flexibility index (Phi) is 6.76. The SMILES string of the molecule is C.O=c1[nH]c(CSC2CCOCC2)nc2cc(OCC3CCC3)cc(F)c12. The van der Waals surface area contributed by atoms with Crippen LogP contribution < -0.4 is 10.3 Å². The zero-order chi connectivity index (χ0) is 17.9. The van der Waals surface area contributed by atoms with Gasteiger partial charge in [-0.3, -0.25) is 4.79 Å². The minimum Gasteiger partial charge on any atom is -0.493 e. The Hall–Kier alpha value is -1.60. The highest BCUT2D eigenvalue weighted by atomic mass is 32.2. The van der Waals surface area contributed by atoms with Gasteiger partial charge >= 0.3 is 0 Å². The van der Waals surface area contributed by atoms with E-state index in [0.29, 0.717) is 40.6 Å². The van der Waals surface area contributed by atoms with Crippen LogP contribution in [0.3, 0.4) is 0 Å². The molecule has 1 aliphatic heterocycles. The zero-order valence-corrected chi connectivity index (χ0v) is 15.4. The molecule has 1 aromatic carbocycles. The van der Waals surface area contributed by atoms with E-state index in [1.807, 2.05) is 0 Å². The largest absolute Gasteiger partial charge is 0.493 e. The van der Waals surface area contributed by atoms with Gasteiger partial charge in [0.1, 0.15) is 22.8 Å². The summed E-state index contributed by atoms with van der Waals surface area (Å²) in [7, 11) is 0. The Balaban J connectivity index is 0.00000210. The molecule has 1 aliphatic carbocycles. The molecule has 7 heteroatoms. The minimum absolute atomic E-state index is 0. The van der Waals surface area contributed by atoms with Gasteiger partial charge in [0.05, 0.1) is 17.9 Å². The molecule has 0 amide bonds. The van der Waals surface area contributed by atoms with Crippen LogP contribution in [0.4, 0.5) is 4.39 Å². The molecule has 1 N–H and O–H groups in total. The van der Waals surface area contributed by atoms with Crippen molar-refractivity contribution in [3.63, 3.8) is 0 Å². The van der Waals surface area contributed by atoms with E-state index in [0.717, 1.165) is 26.1 Å². The van der Waals surface area contributed by atoms with Gasteiger partial charge < -0.3 is 14.5 Å². The molecule has 1 saturated heterocycles.